The summed E-state index contributed by atoms with van der Waals surface area (Å²) >= 11 is 1.62. The Morgan fingerprint density at radius 1 is 1.35 bits per heavy atom. The molecule has 2 aromatic rings. The summed E-state index contributed by atoms with van der Waals surface area (Å²) in [6.45, 7) is 8.20. The number of benzene rings is 1. The predicted octanol–water partition coefficient (Wildman–Crippen LogP) is 3.73. The maximum absolute atomic E-state index is 11.1. The van der Waals surface area contributed by atoms with E-state index in [4.69, 9.17) is 0 Å². The smallest absolute Gasteiger partial charge is 0.136 e. The van der Waals surface area contributed by atoms with E-state index in [1.165, 1.54) is 10.3 Å². The minimum absolute atomic E-state index is 0.152. The van der Waals surface area contributed by atoms with Crippen molar-refractivity contribution < 1.29 is 4.79 Å². The van der Waals surface area contributed by atoms with Crippen molar-refractivity contribution in [3.05, 3.63) is 28.8 Å². The molecule has 0 aliphatic heterocycles. The zero-order chi connectivity index (χ0) is 12.6. The van der Waals surface area contributed by atoms with Crippen molar-refractivity contribution in [1.29, 1.82) is 0 Å². The van der Waals surface area contributed by atoms with Crippen LogP contribution in [0.15, 0.2) is 18.2 Å². The number of ketones is 1. The van der Waals surface area contributed by atoms with E-state index in [9.17, 15) is 4.79 Å². The van der Waals surface area contributed by atoms with Crippen LogP contribution in [0.4, 0.5) is 0 Å². The average Bonchev–Trinajstić information content (AvgIpc) is 2.55. The third-order valence-corrected chi connectivity index (χ3v) is 3.72. The summed E-state index contributed by atoms with van der Waals surface area (Å²) in [7, 11) is 0. The Bertz CT molecular complexity index is 563. The Morgan fingerprint density at radius 2 is 2.06 bits per heavy atom. The van der Waals surface area contributed by atoms with Crippen LogP contribution >= 0.6 is 11.3 Å². The van der Waals surface area contributed by atoms with Crippen LogP contribution in [0.1, 0.15) is 38.3 Å². The van der Waals surface area contributed by atoms with Gasteiger partial charge in [0, 0.05) is 0 Å². The van der Waals surface area contributed by atoms with Crippen molar-refractivity contribution in [2.75, 3.05) is 0 Å². The highest BCUT2D eigenvalue weighted by Crippen LogP contribution is 2.29. The number of fused-ring (bicyclic) bond motifs is 1. The first-order valence-electron chi connectivity index (χ1n) is 5.75. The van der Waals surface area contributed by atoms with E-state index in [1.807, 2.05) is 0 Å². The molecule has 0 saturated carbocycles. The van der Waals surface area contributed by atoms with E-state index in [2.05, 4.69) is 44.0 Å². The normalized spacial score (nSPS) is 12.0. The molecule has 2 nitrogen and oxygen atoms in total. The van der Waals surface area contributed by atoms with Crippen molar-refractivity contribution in [2.45, 2.75) is 39.5 Å². The fourth-order valence-electron chi connectivity index (χ4n) is 1.73. The molecule has 3 heteroatoms. The van der Waals surface area contributed by atoms with Crippen LogP contribution in [-0.4, -0.2) is 10.8 Å². The van der Waals surface area contributed by atoms with Gasteiger partial charge in [0.2, 0.25) is 0 Å². The zero-order valence-corrected chi connectivity index (χ0v) is 11.5. The van der Waals surface area contributed by atoms with Gasteiger partial charge in [-0.3, -0.25) is 4.79 Å². The average molecular weight is 247 g/mol. The number of hydrogen-bond acceptors (Lipinski definition) is 3. The summed E-state index contributed by atoms with van der Waals surface area (Å²) in [5.74, 6) is 0.167. The molecule has 1 aromatic carbocycles. The van der Waals surface area contributed by atoms with E-state index >= 15 is 0 Å². The molecule has 0 saturated heterocycles. The summed E-state index contributed by atoms with van der Waals surface area (Å²) in [6, 6.07) is 6.37. The SMILES string of the molecule is CC(=O)Cc1nc2ccc(C(C)(C)C)cc2s1. The van der Waals surface area contributed by atoms with Gasteiger partial charge in [0.1, 0.15) is 10.8 Å². The van der Waals surface area contributed by atoms with E-state index in [1.54, 1.807) is 18.3 Å². The Balaban J connectivity index is 2.44. The van der Waals surface area contributed by atoms with Gasteiger partial charge in [-0.15, -0.1) is 11.3 Å². The van der Waals surface area contributed by atoms with Gasteiger partial charge in [-0.05, 0) is 30.0 Å². The van der Waals surface area contributed by atoms with Gasteiger partial charge in [-0.1, -0.05) is 26.8 Å². The predicted molar refractivity (Wildman–Crippen MR) is 72.7 cm³/mol. The minimum atomic E-state index is 0.152. The first-order valence-corrected chi connectivity index (χ1v) is 6.57. The summed E-state index contributed by atoms with van der Waals surface area (Å²) in [5, 5.41) is 0.915. The highest BCUT2D eigenvalue weighted by molar-refractivity contribution is 7.18. The first kappa shape index (κ1) is 12.2. The molecule has 0 fully saturated rings. The van der Waals surface area contributed by atoms with Crippen molar-refractivity contribution in [2.24, 2.45) is 0 Å². The van der Waals surface area contributed by atoms with Crippen LogP contribution in [-0.2, 0) is 16.6 Å². The number of carbonyl (C=O) groups excluding carboxylic acids is 1. The third kappa shape index (κ3) is 2.72. The van der Waals surface area contributed by atoms with Crippen molar-refractivity contribution >= 4 is 27.3 Å². The largest absolute Gasteiger partial charge is 0.300 e. The first-order chi connectivity index (χ1) is 7.86. The molecule has 2 rings (SSSR count). The number of aromatic nitrogens is 1. The molecule has 0 radical (unpaired) electrons. The Labute approximate surface area is 106 Å². The second-order valence-electron chi connectivity index (χ2n) is 5.42. The van der Waals surface area contributed by atoms with E-state index < -0.39 is 0 Å². The van der Waals surface area contributed by atoms with Crippen molar-refractivity contribution in [3.8, 4) is 0 Å². The quantitative estimate of drug-likeness (QED) is 0.809. The van der Waals surface area contributed by atoms with Crippen LogP contribution in [0.5, 0.6) is 0 Å². The van der Waals surface area contributed by atoms with Crippen molar-refractivity contribution in [1.82, 2.24) is 4.98 Å². The lowest BCUT2D eigenvalue weighted by Crippen LogP contribution is -2.10. The minimum Gasteiger partial charge on any atom is -0.300 e. The fourth-order valence-corrected chi connectivity index (χ4v) is 2.80. The molecule has 1 aromatic heterocycles. The maximum Gasteiger partial charge on any atom is 0.136 e. The van der Waals surface area contributed by atoms with Gasteiger partial charge in [0.25, 0.3) is 0 Å². The molecule has 0 aliphatic carbocycles. The molecule has 1 heterocycles. The molecule has 17 heavy (non-hydrogen) atoms. The number of thiazole rings is 1. The summed E-state index contributed by atoms with van der Waals surface area (Å²) in [6.07, 6.45) is 0.449. The van der Waals surface area contributed by atoms with E-state index in [-0.39, 0.29) is 11.2 Å². The summed E-state index contributed by atoms with van der Waals surface area (Å²) < 4.78 is 1.17. The van der Waals surface area contributed by atoms with Crippen LogP contribution < -0.4 is 0 Å². The molecule has 0 aliphatic rings. The maximum atomic E-state index is 11.1. The molecule has 0 N–H and O–H groups in total. The molecular formula is C14H17NOS. The lowest BCUT2D eigenvalue weighted by molar-refractivity contribution is -0.116. The third-order valence-electron chi connectivity index (χ3n) is 2.70. The molecule has 0 unspecified atom stereocenters. The molecular weight excluding hydrogens is 230 g/mol. The van der Waals surface area contributed by atoms with Gasteiger partial charge < -0.3 is 0 Å². The number of carbonyl (C=O) groups is 1. The second-order valence-corrected chi connectivity index (χ2v) is 6.53. The molecule has 0 spiro atoms. The molecule has 0 amide bonds. The van der Waals surface area contributed by atoms with Gasteiger partial charge in [0.15, 0.2) is 0 Å². The number of rotatable bonds is 2. The summed E-state index contributed by atoms with van der Waals surface area (Å²) in [4.78, 5) is 15.6. The van der Waals surface area contributed by atoms with Gasteiger partial charge in [0.05, 0.1) is 16.6 Å². The Morgan fingerprint density at radius 3 is 2.65 bits per heavy atom. The molecule has 0 bridgehead atoms. The van der Waals surface area contributed by atoms with Gasteiger partial charge in [-0.2, -0.15) is 0 Å². The monoisotopic (exact) mass is 247 g/mol. The van der Waals surface area contributed by atoms with Gasteiger partial charge >= 0.3 is 0 Å². The van der Waals surface area contributed by atoms with Crippen LogP contribution in [0, 0.1) is 0 Å². The number of hydrogen-bond donors (Lipinski definition) is 0. The Kier molecular flexibility index (Phi) is 3.04. The lowest BCUT2D eigenvalue weighted by Gasteiger charge is -2.18. The lowest BCUT2D eigenvalue weighted by atomic mass is 9.87. The summed E-state index contributed by atoms with van der Waals surface area (Å²) in [5.41, 5.74) is 2.46. The van der Waals surface area contributed by atoms with E-state index in [0.29, 0.717) is 6.42 Å². The highest BCUT2D eigenvalue weighted by Gasteiger charge is 2.15. The van der Waals surface area contributed by atoms with Crippen LogP contribution in [0.2, 0.25) is 0 Å². The van der Waals surface area contributed by atoms with Gasteiger partial charge in [-0.25, -0.2) is 4.98 Å². The zero-order valence-electron chi connectivity index (χ0n) is 10.7. The fraction of sp³-hybridized carbons (Fsp3) is 0.429. The Hall–Kier alpha value is -1.22. The van der Waals surface area contributed by atoms with E-state index in [0.717, 1.165) is 10.5 Å². The molecule has 0 atom stereocenters. The van der Waals surface area contributed by atoms with Crippen LogP contribution in [0.3, 0.4) is 0 Å². The number of nitrogens with zero attached hydrogens (tertiary/aromatic N) is 1. The van der Waals surface area contributed by atoms with Crippen molar-refractivity contribution in [3.63, 3.8) is 0 Å². The second kappa shape index (κ2) is 4.22. The topological polar surface area (TPSA) is 30.0 Å². The molecule has 90 valence electrons. The standard InChI is InChI=1S/C14H17NOS/c1-9(16)7-13-15-11-6-5-10(14(2,3)4)8-12(11)17-13/h5-6,8H,7H2,1-4H3. The number of Topliss-reactive ketones (excluding diaryl/α,β-unsaturated/α-hetero) is 1. The van der Waals surface area contributed by atoms with Crippen LogP contribution in [0.25, 0.3) is 10.2 Å². The highest BCUT2D eigenvalue weighted by atomic mass is 32.1.